The van der Waals surface area contributed by atoms with Gasteiger partial charge < -0.3 is 0 Å². The zero-order valence-corrected chi connectivity index (χ0v) is 11.4. The molecule has 1 heterocycles. The third-order valence-corrected chi connectivity index (χ3v) is 4.10. The molecule has 0 N–H and O–H groups in total. The Morgan fingerprint density at radius 1 is 1.19 bits per heavy atom. The van der Waals surface area contributed by atoms with Crippen LogP contribution >= 0.6 is 38.9 Å². The fraction of sp³-hybridized carbons (Fsp3) is 0.0833. The Morgan fingerprint density at radius 2 is 1.88 bits per heavy atom. The van der Waals surface area contributed by atoms with E-state index in [2.05, 4.69) is 15.9 Å². The van der Waals surface area contributed by atoms with Crippen molar-refractivity contribution in [3.8, 4) is 0 Å². The lowest BCUT2D eigenvalue weighted by molar-refractivity contribution is 0.104. The van der Waals surface area contributed by atoms with E-state index in [0.717, 1.165) is 14.2 Å². The largest absolute Gasteiger partial charge is 0.288 e. The molecule has 1 aromatic carbocycles. The van der Waals surface area contributed by atoms with E-state index in [1.165, 1.54) is 11.3 Å². The van der Waals surface area contributed by atoms with Gasteiger partial charge in [0.05, 0.1) is 8.66 Å². The van der Waals surface area contributed by atoms with Crippen molar-refractivity contribution < 1.29 is 4.79 Å². The first-order chi connectivity index (χ1) is 7.70. The molecule has 0 aliphatic heterocycles. The first kappa shape index (κ1) is 11.8. The summed E-state index contributed by atoms with van der Waals surface area (Å²) >= 11 is 10.5. The number of hydrogen-bond acceptors (Lipinski definition) is 2. The minimum atomic E-state index is 0.0526. The summed E-state index contributed by atoms with van der Waals surface area (Å²) in [6.07, 6.45) is 0. The Balaban J connectivity index is 2.27. The fourth-order valence-electron chi connectivity index (χ4n) is 1.32. The average Bonchev–Trinajstić information content (AvgIpc) is 2.75. The first-order valence-electron chi connectivity index (χ1n) is 4.65. The van der Waals surface area contributed by atoms with Crippen LogP contribution in [0.1, 0.15) is 20.8 Å². The second-order valence-electron chi connectivity index (χ2n) is 3.26. The predicted molar refractivity (Wildman–Crippen MR) is 71.5 cm³/mol. The lowest BCUT2D eigenvalue weighted by atomic mass is 10.1. The molecule has 0 aliphatic carbocycles. The van der Waals surface area contributed by atoms with Gasteiger partial charge in [0, 0.05) is 11.4 Å². The number of hydrogen-bond donors (Lipinski definition) is 0. The number of carbonyl (C=O) groups is 1. The summed E-state index contributed by atoms with van der Waals surface area (Å²) in [4.78, 5) is 12.8. The molecule has 82 valence electrons. The molecule has 0 spiro atoms. The highest BCUT2D eigenvalue weighted by atomic mass is 79.9. The molecule has 0 aliphatic rings. The molecule has 0 unspecified atom stereocenters. The number of rotatable bonds is 3. The van der Waals surface area contributed by atoms with Crippen LogP contribution < -0.4 is 0 Å². The van der Waals surface area contributed by atoms with Gasteiger partial charge >= 0.3 is 0 Å². The van der Waals surface area contributed by atoms with E-state index < -0.39 is 0 Å². The van der Waals surface area contributed by atoms with Gasteiger partial charge in [-0.2, -0.15) is 0 Å². The number of thiophene rings is 1. The minimum Gasteiger partial charge on any atom is -0.288 e. The zero-order valence-electron chi connectivity index (χ0n) is 8.24. The molecule has 1 aromatic heterocycles. The van der Waals surface area contributed by atoms with Crippen molar-refractivity contribution in [3.63, 3.8) is 0 Å². The summed E-state index contributed by atoms with van der Waals surface area (Å²) in [7, 11) is 0. The van der Waals surface area contributed by atoms with Gasteiger partial charge in [0.15, 0.2) is 0 Å². The van der Waals surface area contributed by atoms with Gasteiger partial charge in [0.25, 0.3) is 0 Å². The van der Waals surface area contributed by atoms with Gasteiger partial charge in [-0.15, -0.1) is 22.9 Å². The highest BCUT2D eigenvalue weighted by Gasteiger charge is 2.10. The van der Waals surface area contributed by atoms with Crippen molar-refractivity contribution in [2.45, 2.75) is 5.88 Å². The van der Waals surface area contributed by atoms with Gasteiger partial charge in [-0.3, -0.25) is 4.79 Å². The molecule has 16 heavy (non-hydrogen) atoms. The Morgan fingerprint density at radius 3 is 2.38 bits per heavy atom. The van der Waals surface area contributed by atoms with E-state index in [1.54, 1.807) is 0 Å². The van der Waals surface area contributed by atoms with E-state index >= 15 is 0 Å². The van der Waals surface area contributed by atoms with Gasteiger partial charge in [-0.1, -0.05) is 24.3 Å². The second kappa shape index (κ2) is 5.13. The number of halogens is 2. The number of alkyl halides is 1. The van der Waals surface area contributed by atoms with Gasteiger partial charge in [0.2, 0.25) is 5.78 Å². The molecular formula is C12H8BrClOS. The number of benzene rings is 1. The minimum absolute atomic E-state index is 0.0526. The summed E-state index contributed by atoms with van der Waals surface area (Å²) in [6, 6.07) is 11.1. The molecule has 0 fully saturated rings. The normalized spacial score (nSPS) is 10.4. The van der Waals surface area contributed by atoms with Crippen LogP contribution in [0.3, 0.4) is 0 Å². The summed E-state index contributed by atoms with van der Waals surface area (Å²) < 4.78 is 0.966. The lowest BCUT2D eigenvalue weighted by Gasteiger charge is -1.99. The monoisotopic (exact) mass is 314 g/mol. The summed E-state index contributed by atoms with van der Waals surface area (Å²) in [6.45, 7) is 0. The maximum Gasteiger partial charge on any atom is 0.202 e. The molecule has 0 amide bonds. The van der Waals surface area contributed by atoms with Crippen LogP contribution in [-0.2, 0) is 5.88 Å². The summed E-state index contributed by atoms with van der Waals surface area (Å²) in [5.74, 6) is 0.524. The topological polar surface area (TPSA) is 17.1 Å². The summed E-state index contributed by atoms with van der Waals surface area (Å²) in [5.41, 5.74) is 1.72. The molecule has 0 radical (unpaired) electrons. The molecule has 0 atom stereocenters. The standard InChI is InChI=1S/C12H8BrClOS/c13-11-6-5-10(16-11)12(15)9-3-1-8(7-14)2-4-9/h1-6H,7H2. The Hall–Kier alpha value is -0.640. The van der Waals surface area contributed by atoms with Crippen LogP contribution in [0.15, 0.2) is 40.2 Å². The quantitative estimate of drug-likeness (QED) is 0.603. The van der Waals surface area contributed by atoms with Crippen LogP contribution in [0.4, 0.5) is 0 Å². The van der Waals surface area contributed by atoms with Gasteiger partial charge in [-0.25, -0.2) is 0 Å². The average molecular weight is 316 g/mol. The molecule has 0 bridgehead atoms. The van der Waals surface area contributed by atoms with Crippen LogP contribution in [0, 0.1) is 0 Å². The Labute approximate surface area is 111 Å². The Bertz CT molecular complexity index is 504. The van der Waals surface area contributed by atoms with Crippen molar-refractivity contribution in [2.24, 2.45) is 0 Å². The van der Waals surface area contributed by atoms with E-state index in [0.29, 0.717) is 11.4 Å². The van der Waals surface area contributed by atoms with Crippen molar-refractivity contribution in [2.75, 3.05) is 0 Å². The zero-order chi connectivity index (χ0) is 11.5. The van der Waals surface area contributed by atoms with E-state index in [1.807, 2.05) is 36.4 Å². The van der Waals surface area contributed by atoms with E-state index in [9.17, 15) is 4.79 Å². The summed E-state index contributed by atoms with van der Waals surface area (Å²) in [5, 5.41) is 0. The smallest absolute Gasteiger partial charge is 0.202 e. The van der Waals surface area contributed by atoms with Crippen molar-refractivity contribution in [1.29, 1.82) is 0 Å². The highest BCUT2D eigenvalue weighted by molar-refractivity contribution is 9.11. The molecule has 0 saturated heterocycles. The van der Waals surface area contributed by atoms with Gasteiger partial charge in [0.1, 0.15) is 0 Å². The highest BCUT2D eigenvalue weighted by Crippen LogP contribution is 2.24. The molecule has 1 nitrogen and oxygen atoms in total. The van der Waals surface area contributed by atoms with E-state index in [4.69, 9.17) is 11.6 Å². The predicted octanol–water partition coefficient (Wildman–Crippen LogP) is 4.48. The molecule has 4 heteroatoms. The maximum atomic E-state index is 12.0. The maximum absolute atomic E-state index is 12.0. The number of ketones is 1. The molecular weight excluding hydrogens is 308 g/mol. The third kappa shape index (κ3) is 2.54. The molecule has 2 rings (SSSR count). The SMILES string of the molecule is O=C(c1ccc(CCl)cc1)c1ccc(Br)s1. The van der Waals surface area contributed by atoms with Gasteiger partial charge in [-0.05, 0) is 33.6 Å². The van der Waals surface area contributed by atoms with Crippen LogP contribution in [0.25, 0.3) is 0 Å². The first-order valence-corrected chi connectivity index (χ1v) is 6.80. The fourth-order valence-corrected chi connectivity index (χ4v) is 2.85. The lowest BCUT2D eigenvalue weighted by Crippen LogP contribution is -1.98. The van der Waals surface area contributed by atoms with E-state index in [-0.39, 0.29) is 5.78 Å². The van der Waals surface area contributed by atoms with Crippen molar-refractivity contribution in [1.82, 2.24) is 0 Å². The molecule has 2 aromatic rings. The number of carbonyl (C=O) groups excluding carboxylic acids is 1. The third-order valence-electron chi connectivity index (χ3n) is 2.17. The van der Waals surface area contributed by atoms with Crippen LogP contribution in [0.5, 0.6) is 0 Å². The van der Waals surface area contributed by atoms with Crippen LogP contribution in [-0.4, -0.2) is 5.78 Å². The second-order valence-corrected chi connectivity index (χ2v) is 5.99. The van der Waals surface area contributed by atoms with Crippen molar-refractivity contribution in [3.05, 3.63) is 56.2 Å². The molecule has 0 saturated carbocycles. The van der Waals surface area contributed by atoms with Crippen LogP contribution in [0.2, 0.25) is 0 Å². The Kier molecular flexibility index (Phi) is 3.79. The van der Waals surface area contributed by atoms with Crippen molar-refractivity contribution >= 4 is 44.7 Å².